The van der Waals surface area contributed by atoms with Crippen molar-refractivity contribution in [3.63, 3.8) is 0 Å². The molecule has 4 N–H and O–H groups in total. The largest absolute Gasteiger partial charge is 0.424 e. The Morgan fingerprint density at radius 3 is 2.32 bits per heavy atom. The fourth-order valence-corrected chi connectivity index (χ4v) is 3.05. The Morgan fingerprint density at radius 1 is 1.25 bits per heavy atom. The third-order valence-electron chi connectivity index (χ3n) is 4.67. The summed E-state index contributed by atoms with van der Waals surface area (Å²) in [4.78, 5) is 7.66. The molecule has 0 aliphatic carbocycles. The molecule has 6 nitrogen and oxygen atoms in total. The van der Waals surface area contributed by atoms with Crippen LogP contribution in [0.4, 0.5) is 18.9 Å². The van der Waals surface area contributed by atoms with Crippen LogP contribution in [-0.4, -0.2) is 33.3 Å². The van der Waals surface area contributed by atoms with Crippen LogP contribution in [0.3, 0.4) is 0 Å². The van der Waals surface area contributed by atoms with Crippen molar-refractivity contribution in [1.82, 2.24) is 9.55 Å². The van der Waals surface area contributed by atoms with Gasteiger partial charge in [-0.05, 0) is 24.0 Å². The molecule has 1 unspecified atom stereocenters. The number of alkyl halides is 3. The van der Waals surface area contributed by atoms with E-state index in [0.717, 1.165) is 34.2 Å². The second kappa shape index (κ2) is 8.64. The zero-order chi connectivity index (χ0) is 20.9. The van der Waals surface area contributed by atoms with Crippen molar-refractivity contribution in [3.8, 4) is 0 Å². The molecule has 0 amide bonds. The van der Waals surface area contributed by atoms with Crippen molar-refractivity contribution in [1.29, 1.82) is 0 Å². The molecule has 0 saturated carbocycles. The minimum atomic E-state index is -4.89. The molecule has 2 aromatic rings. The molecule has 1 heterocycles. The first-order chi connectivity index (χ1) is 13.1. The maximum atomic E-state index is 13.5. The molecule has 1 atom stereocenters. The molecule has 28 heavy (non-hydrogen) atoms. The smallest absolute Gasteiger partial charge is 0.374 e. The van der Waals surface area contributed by atoms with Gasteiger partial charge in [0.2, 0.25) is 5.60 Å². The number of imidazole rings is 1. The number of rotatable bonds is 7. The molecule has 0 bridgehead atoms. The number of benzene rings is 1. The van der Waals surface area contributed by atoms with Crippen LogP contribution in [0.25, 0.3) is 0 Å². The Kier molecular flexibility index (Phi) is 6.71. The monoisotopic (exact) mass is 397 g/mol. The third kappa shape index (κ3) is 4.46. The SMILES string of the molecule is CCc1cccc(CC)c1NC(N)=NCCC(O)(c1nccn1C)C(F)(F)F. The van der Waals surface area contributed by atoms with Gasteiger partial charge in [-0.15, -0.1) is 0 Å². The lowest BCUT2D eigenvalue weighted by Gasteiger charge is -2.29. The molecule has 0 saturated heterocycles. The van der Waals surface area contributed by atoms with Gasteiger partial charge in [0, 0.05) is 38.1 Å². The summed E-state index contributed by atoms with van der Waals surface area (Å²) < 4.78 is 41.7. The maximum absolute atomic E-state index is 13.5. The average Bonchev–Trinajstić information content (AvgIpc) is 3.07. The number of anilines is 1. The number of guanidine groups is 1. The summed E-state index contributed by atoms with van der Waals surface area (Å²) in [6.45, 7) is 3.69. The highest BCUT2D eigenvalue weighted by atomic mass is 19.4. The van der Waals surface area contributed by atoms with Crippen molar-refractivity contribution < 1.29 is 18.3 Å². The molecule has 0 aliphatic rings. The molecule has 9 heteroatoms. The van der Waals surface area contributed by atoms with Crippen LogP contribution >= 0.6 is 0 Å². The first-order valence-corrected chi connectivity index (χ1v) is 9.08. The van der Waals surface area contributed by atoms with Gasteiger partial charge in [-0.2, -0.15) is 13.2 Å². The number of hydrogen-bond donors (Lipinski definition) is 3. The van der Waals surface area contributed by atoms with E-state index in [9.17, 15) is 18.3 Å². The van der Waals surface area contributed by atoms with Crippen LogP contribution in [-0.2, 0) is 25.5 Å². The van der Waals surface area contributed by atoms with Gasteiger partial charge in [0.1, 0.15) is 5.82 Å². The topological polar surface area (TPSA) is 88.5 Å². The number of aromatic nitrogens is 2. The molecule has 154 valence electrons. The Morgan fingerprint density at radius 2 is 1.86 bits per heavy atom. The Balaban J connectivity index is 2.18. The number of aryl methyl sites for hydroxylation is 3. The first kappa shape index (κ1) is 21.7. The molecule has 0 fully saturated rings. The number of nitrogens with two attached hydrogens (primary N) is 1. The van der Waals surface area contributed by atoms with Gasteiger partial charge in [0.15, 0.2) is 5.96 Å². The lowest BCUT2D eigenvalue weighted by atomic mass is 9.98. The maximum Gasteiger partial charge on any atom is 0.424 e. The van der Waals surface area contributed by atoms with Crippen molar-refractivity contribution in [2.45, 2.75) is 44.9 Å². The third-order valence-corrected chi connectivity index (χ3v) is 4.67. The molecule has 0 aliphatic heterocycles. The van der Waals surface area contributed by atoms with Crippen LogP contribution in [0.5, 0.6) is 0 Å². The van der Waals surface area contributed by atoms with E-state index in [1.807, 2.05) is 32.0 Å². The zero-order valence-electron chi connectivity index (χ0n) is 16.2. The summed E-state index contributed by atoms with van der Waals surface area (Å²) in [5.74, 6) is -0.480. The zero-order valence-corrected chi connectivity index (χ0v) is 16.2. The molecule has 2 rings (SSSR count). The Bertz CT molecular complexity index is 809. The van der Waals surface area contributed by atoms with Gasteiger partial charge < -0.3 is 20.7 Å². The van der Waals surface area contributed by atoms with Gasteiger partial charge in [-0.25, -0.2) is 4.98 Å². The van der Waals surface area contributed by atoms with E-state index < -0.39 is 24.0 Å². The minimum absolute atomic E-state index is 0.0000326. The highest BCUT2D eigenvalue weighted by molar-refractivity contribution is 5.93. The highest BCUT2D eigenvalue weighted by Crippen LogP contribution is 2.40. The van der Waals surface area contributed by atoms with E-state index >= 15 is 0 Å². The fraction of sp³-hybridized carbons (Fsp3) is 0.474. The van der Waals surface area contributed by atoms with E-state index in [0.29, 0.717) is 0 Å². The summed E-state index contributed by atoms with van der Waals surface area (Å²) in [6.07, 6.45) is -1.49. The van der Waals surface area contributed by atoms with Crippen molar-refractivity contribution in [2.75, 3.05) is 11.9 Å². The summed E-state index contributed by atoms with van der Waals surface area (Å²) >= 11 is 0. The second-order valence-electron chi connectivity index (χ2n) is 6.52. The van der Waals surface area contributed by atoms with E-state index in [1.54, 1.807) is 0 Å². The van der Waals surface area contributed by atoms with Crippen molar-refractivity contribution in [2.24, 2.45) is 17.8 Å². The van der Waals surface area contributed by atoms with Gasteiger partial charge in [-0.1, -0.05) is 32.0 Å². The van der Waals surface area contributed by atoms with E-state index in [-0.39, 0.29) is 12.5 Å². The quantitative estimate of drug-likeness (QED) is 0.495. The fourth-order valence-electron chi connectivity index (χ4n) is 3.05. The lowest BCUT2D eigenvalue weighted by molar-refractivity contribution is -0.272. The second-order valence-corrected chi connectivity index (χ2v) is 6.52. The number of aliphatic imine (C=N–C) groups is 1. The number of hydrogen-bond acceptors (Lipinski definition) is 3. The summed E-state index contributed by atoms with van der Waals surface area (Å²) in [6, 6.07) is 5.86. The van der Waals surface area contributed by atoms with Crippen LogP contribution in [0.2, 0.25) is 0 Å². The van der Waals surface area contributed by atoms with Crippen LogP contribution < -0.4 is 11.1 Å². The van der Waals surface area contributed by atoms with E-state index in [2.05, 4.69) is 15.3 Å². The summed E-state index contributed by atoms with van der Waals surface area (Å²) in [7, 11) is 1.40. The minimum Gasteiger partial charge on any atom is -0.374 e. The van der Waals surface area contributed by atoms with Crippen molar-refractivity contribution >= 4 is 11.6 Å². The molecule has 0 radical (unpaired) electrons. The van der Waals surface area contributed by atoms with Gasteiger partial charge in [-0.3, -0.25) is 4.99 Å². The normalized spacial score (nSPS) is 14.8. The first-order valence-electron chi connectivity index (χ1n) is 9.08. The Hall–Kier alpha value is -2.55. The van der Waals surface area contributed by atoms with Crippen LogP contribution in [0.1, 0.15) is 37.2 Å². The lowest BCUT2D eigenvalue weighted by Crippen LogP contribution is -2.45. The number of nitrogens with one attached hydrogen (secondary N) is 1. The molecule has 1 aromatic heterocycles. The van der Waals surface area contributed by atoms with Gasteiger partial charge in [0.25, 0.3) is 0 Å². The van der Waals surface area contributed by atoms with Crippen molar-refractivity contribution in [3.05, 3.63) is 47.5 Å². The van der Waals surface area contributed by atoms with Crippen LogP contribution in [0.15, 0.2) is 35.6 Å². The molecule has 0 spiro atoms. The number of halogens is 3. The summed E-state index contributed by atoms with van der Waals surface area (Å²) in [5.41, 5.74) is 5.69. The van der Waals surface area contributed by atoms with Gasteiger partial charge >= 0.3 is 6.18 Å². The number of aliphatic hydroxyl groups is 1. The average molecular weight is 397 g/mol. The van der Waals surface area contributed by atoms with E-state index in [1.165, 1.54) is 19.4 Å². The predicted molar refractivity (Wildman–Crippen MR) is 103 cm³/mol. The number of nitrogens with zero attached hydrogens (tertiary/aromatic N) is 3. The highest BCUT2D eigenvalue weighted by Gasteiger charge is 2.57. The summed E-state index contributed by atoms with van der Waals surface area (Å²) in [5, 5.41) is 13.3. The molecular weight excluding hydrogens is 371 g/mol. The molecular formula is C19H26F3N5O. The van der Waals surface area contributed by atoms with Gasteiger partial charge in [0.05, 0.1) is 0 Å². The molecule has 1 aromatic carbocycles. The number of para-hydroxylation sites is 1. The Labute approximate surface area is 162 Å². The van der Waals surface area contributed by atoms with Crippen LogP contribution in [0, 0.1) is 0 Å². The standard InChI is InChI=1S/C19H26F3N5O/c1-4-13-7-6-8-14(5-2)15(13)26-17(23)25-10-9-18(28,19(20,21)22)16-24-11-12-27(16)3/h6-8,11-12,28H,4-5,9-10H2,1-3H3,(H3,23,25,26). The van der Waals surface area contributed by atoms with E-state index in [4.69, 9.17) is 5.73 Å². The predicted octanol–water partition coefficient (Wildman–Crippen LogP) is 3.11.